The van der Waals surface area contributed by atoms with Gasteiger partial charge in [-0.25, -0.2) is 0 Å². The molecule has 1 N–H and O–H groups in total. The maximum atomic E-state index is 3.71. The summed E-state index contributed by atoms with van der Waals surface area (Å²) in [6, 6.07) is 9.49. The first-order valence-corrected chi connectivity index (χ1v) is 5.69. The highest BCUT2D eigenvalue weighted by atomic mass is 15.0. The lowest BCUT2D eigenvalue weighted by molar-refractivity contribution is 0.426. The number of fused-ring (bicyclic) bond motifs is 1. The van der Waals surface area contributed by atoms with Crippen molar-refractivity contribution < 1.29 is 0 Å². The molecule has 14 heavy (non-hydrogen) atoms. The summed E-state index contributed by atoms with van der Waals surface area (Å²) in [5.74, 6) is 1.76. The lowest BCUT2D eigenvalue weighted by Gasteiger charge is -2.32. The summed E-state index contributed by atoms with van der Waals surface area (Å²) in [6.45, 7) is 2.38. The zero-order valence-corrected chi connectivity index (χ0v) is 8.66. The predicted octanol–water partition coefficient (Wildman–Crippen LogP) is 3.07. The van der Waals surface area contributed by atoms with Crippen molar-refractivity contribution in [2.24, 2.45) is 11.8 Å². The van der Waals surface area contributed by atoms with E-state index in [0.717, 1.165) is 17.9 Å². The van der Waals surface area contributed by atoms with Crippen LogP contribution >= 0.6 is 0 Å². The van der Waals surface area contributed by atoms with E-state index in [9.17, 15) is 0 Å². The fourth-order valence-corrected chi connectivity index (χ4v) is 2.67. The Labute approximate surface area is 85.5 Å². The Morgan fingerprint density at radius 3 is 2.79 bits per heavy atom. The molecule has 0 spiro atoms. The molecule has 0 amide bonds. The third-order valence-electron chi connectivity index (χ3n) is 3.62. The number of hydrogen-bond acceptors (Lipinski definition) is 1. The number of benzene rings is 1. The number of hydrogen-bond donors (Lipinski definition) is 1. The maximum absolute atomic E-state index is 3.71. The molecule has 0 saturated heterocycles. The Morgan fingerprint density at radius 2 is 2.00 bits per heavy atom. The molecule has 1 unspecified atom stereocenters. The molecule has 1 heteroatoms. The van der Waals surface area contributed by atoms with Gasteiger partial charge in [-0.05, 0) is 42.7 Å². The smallest absolute Gasteiger partial charge is 0.0375 e. The average molecular weight is 187 g/mol. The molecular formula is C13H17N. The molecule has 0 radical (unpaired) electrons. The van der Waals surface area contributed by atoms with Crippen molar-refractivity contribution in [2.45, 2.75) is 32.2 Å². The second kappa shape index (κ2) is 3.01. The molecule has 3 rings (SSSR count). The monoisotopic (exact) mass is 187 g/mol. The van der Waals surface area contributed by atoms with E-state index in [0.29, 0.717) is 0 Å². The molecule has 1 aromatic carbocycles. The minimum Gasteiger partial charge on any atom is -0.382 e. The molecule has 1 nitrogen and oxygen atoms in total. The van der Waals surface area contributed by atoms with Crippen LogP contribution in [0.15, 0.2) is 24.3 Å². The first kappa shape index (κ1) is 8.34. The van der Waals surface area contributed by atoms with E-state index < -0.39 is 0 Å². The molecule has 1 aliphatic carbocycles. The topological polar surface area (TPSA) is 12.0 Å². The van der Waals surface area contributed by atoms with Crippen molar-refractivity contribution in [3.63, 3.8) is 0 Å². The highest BCUT2D eigenvalue weighted by Gasteiger charge is 2.37. The van der Waals surface area contributed by atoms with Crippen molar-refractivity contribution in [3.05, 3.63) is 29.8 Å². The zero-order valence-electron chi connectivity index (χ0n) is 8.66. The second-order valence-corrected chi connectivity index (χ2v) is 4.85. The Kier molecular flexibility index (Phi) is 1.79. The van der Waals surface area contributed by atoms with Gasteiger partial charge in [0.25, 0.3) is 0 Å². The molecule has 1 heterocycles. The summed E-state index contributed by atoms with van der Waals surface area (Å²) in [7, 11) is 0. The largest absolute Gasteiger partial charge is 0.382 e. The molecule has 1 saturated carbocycles. The first-order valence-electron chi connectivity index (χ1n) is 5.69. The van der Waals surface area contributed by atoms with Gasteiger partial charge in [-0.15, -0.1) is 0 Å². The van der Waals surface area contributed by atoms with Crippen molar-refractivity contribution in [1.29, 1.82) is 0 Å². The average Bonchev–Trinajstić information content (AvgIpc) is 3.00. The van der Waals surface area contributed by atoms with Gasteiger partial charge in [-0.2, -0.15) is 0 Å². The molecule has 1 aromatic rings. The van der Waals surface area contributed by atoms with E-state index in [1.165, 1.54) is 30.5 Å². The van der Waals surface area contributed by atoms with Crippen molar-refractivity contribution >= 4 is 5.69 Å². The SMILES string of the molecule is CC1Cc2ccccc2N[C@H]1C1CC1. The van der Waals surface area contributed by atoms with Crippen LogP contribution in [-0.2, 0) is 6.42 Å². The van der Waals surface area contributed by atoms with E-state index in [1.807, 2.05) is 0 Å². The zero-order chi connectivity index (χ0) is 9.54. The van der Waals surface area contributed by atoms with Crippen LogP contribution in [0, 0.1) is 11.8 Å². The summed E-state index contributed by atoms with van der Waals surface area (Å²) >= 11 is 0. The lowest BCUT2D eigenvalue weighted by Crippen LogP contribution is -2.34. The summed E-state index contributed by atoms with van der Waals surface area (Å²) in [6.07, 6.45) is 4.12. The van der Waals surface area contributed by atoms with E-state index in [-0.39, 0.29) is 0 Å². The van der Waals surface area contributed by atoms with Crippen LogP contribution in [0.3, 0.4) is 0 Å². The van der Waals surface area contributed by atoms with Gasteiger partial charge in [0, 0.05) is 11.7 Å². The van der Waals surface area contributed by atoms with Crippen LogP contribution in [0.25, 0.3) is 0 Å². The molecule has 2 atom stereocenters. The normalized spacial score (nSPS) is 30.6. The highest BCUT2D eigenvalue weighted by molar-refractivity contribution is 5.54. The van der Waals surface area contributed by atoms with Gasteiger partial charge >= 0.3 is 0 Å². The number of nitrogens with one attached hydrogen (secondary N) is 1. The van der Waals surface area contributed by atoms with Crippen LogP contribution in [0.5, 0.6) is 0 Å². The van der Waals surface area contributed by atoms with Crippen LogP contribution < -0.4 is 5.32 Å². The predicted molar refractivity (Wildman–Crippen MR) is 59.4 cm³/mol. The number of anilines is 1. The van der Waals surface area contributed by atoms with Crippen LogP contribution in [-0.4, -0.2) is 6.04 Å². The van der Waals surface area contributed by atoms with E-state index in [1.54, 1.807) is 0 Å². The lowest BCUT2D eigenvalue weighted by atomic mass is 9.86. The van der Waals surface area contributed by atoms with E-state index in [4.69, 9.17) is 0 Å². The fraction of sp³-hybridized carbons (Fsp3) is 0.538. The molecule has 0 aromatic heterocycles. The van der Waals surface area contributed by atoms with E-state index >= 15 is 0 Å². The summed E-state index contributed by atoms with van der Waals surface area (Å²) in [5.41, 5.74) is 2.87. The highest BCUT2D eigenvalue weighted by Crippen LogP contribution is 2.41. The molecule has 1 fully saturated rings. The fourth-order valence-electron chi connectivity index (χ4n) is 2.67. The third-order valence-corrected chi connectivity index (χ3v) is 3.62. The van der Waals surface area contributed by atoms with Crippen molar-refractivity contribution in [2.75, 3.05) is 5.32 Å². The van der Waals surface area contributed by atoms with E-state index in [2.05, 4.69) is 36.5 Å². The Hall–Kier alpha value is -0.980. The standard InChI is InChI=1S/C13H17N/c1-9-8-11-4-2-3-5-12(11)14-13(9)10-6-7-10/h2-5,9-10,13-14H,6-8H2,1H3/t9?,13-/m1/s1. The van der Waals surface area contributed by atoms with Crippen molar-refractivity contribution in [3.8, 4) is 0 Å². The summed E-state index contributed by atoms with van der Waals surface area (Å²) < 4.78 is 0. The van der Waals surface area contributed by atoms with Gasteiger partial charge in [0.05, 0.1) is 0 Å². The number of rotatable bonds is 1. The minimum absolute atomic E-state index is 0.741. The van der Waals surface area contributed by atoms with Gasteiger partial charge in [0.1, 0.15) is 0 Å². The van der Waals surface area contributed by atoms with Crippen molar-refractivity contribution in [1.82, 2.24) is 0 Å². The van der Waals surface area contributed by atoms with Crippen LogP contribution in [0.4, 0.5) is 5.69 Å². The van der Waals surface area contributed by atoms with Crippen LogP contribution in [0.1, 0.15) is 25.3 Å². The Balaban J connectivity index is 1.90. The first-order chi connectivity index (χ1) is 6.84. The van der Waals surface area contributed by atoms with Gasteiger partial charge in [-0.3, -0.25) is 0 Å². The Bertz CT molecular complexity index is 341. The quantitative estimate of drug-likeness (QED) is 0.712. The molecule has 1 aliphatic heterocycles. The van der Waals surface area contributed by atoms with Gasteiger partial charge < -0.3 is 5.32 Å². The minimum atomic E-state index is 0.741. The molecule has 74 valence electrons. The third kappa shape index (κ3) is 1.31. The second-order valence-electron chi connectivity index (χ2n) is 4.85. The maximum Gasteiger partial charge on any atom is 0.0375 e. The van der Waals surface area contributed by atoms with Gasteiger partial charge in [0.15, 0.2) is 0 Å². The number of para-hydroxylation sites is 1. The van der Waals surface area contributed by atoms with Crippen LogP contribution in [0.2, 0.25) is 0 Å². The summed E-state index contributed by atoms with van der Waals surface area (Å²) in [4.78, 5) is 0. The molecular weight excluding hydrogens is 170 g/mol. The molecule has 2 aliphatic rings. The Morgan fingerprint density at radius 1 is 1.21 bits per heavy atom. The summed E-state index contributed by atoms with van der Waals surface area (Å²) in [5, 5.41) is 3.71. The van der Waals surface area contributed by atoms with Gasteiger partial charge in [0.2, 0.25) is 0 Å². The van der Waals surface area contributed by atoms with Gasteiger partial charge in [-0.1, -0.05) is 25.1 Å². The molecule has 0 bridgehead atoms.